The van der Waals surface area contributed by atoms with Crippen LogP contribution in [-0.4, -0.2) is 55.5 Å². The first-order chi connectivity index (χ1) is 16.5. The lowest BCUT2D eigenvalue weighted by Crippen LogP contribution is -2.60. The predicted molar refractivity (Wildman–Crippen MR) is 130 cm³/mol. The van der Waals surface area contributed by atoms with Crippen molar-refractivity contribution in [1.82, 2.24) is 15.2 Å². The van der Waals surface area contributed by atoms with Crippen molar-refractivity contribution in [3.05, 3.63) is 53.1 Å². The Morgan fingerprint density at radius 3 is 2.69 bits per heavy atom. The topological polar surface area (TPSA) is 108 Å². The van der Waals surface area contributed by atoms with E-state index in [1.165, 1.54) is 12.1 Å². The summed E-state index contributed by atoms with van der Waals surface area (Å²) < 4.78 is 38.9. The van der Waals surface area contributed by atoms with E-state index < -0.39 is 21.2 Å². The number of nitrogens with zero attached hydrogens (tertiary/aromatic N) is 2. The molecule has 0 spiro atoms. The Kier molecular flexibility index (Phi) is 6.86. The van der Waals surface area contributed by atoms with Crippen molar-refractivity contribution in [2.24, 2.45) is 0 Å². The van der Waals surface area contributed by atoms with Crippen molar-refractivity contribution in [3.63, 3.8) is 0 Å². The van der Waals surface area contributed by atoms with E-state index in [1.54, 1.807) is 11.1 Å². The van der Waals surface area contributed by atoms with E-state index in [2.05, 4.69) is 15.6 Å². The second-order valence-electron chi connectivity index (χ2n) is 9.41. The number of carbonyl (C=O) groups excluding carboxylic acids is 2. The van der Waals surface area contributed by atoms with Crippen LogP contribution in [-0.2, 0) is 31.4 Å². The number of carbonyl (C=O) groups is 2. The maximum atomic E-state index is 15.1. The van der Waals surface area contributed by atoms with Gasteiger partial charge in [0.25, 0.3) is 5.91 Å². The number of nitrogens with one attached hydrogen (secondary N) is 2. The first-order valence-electron chi connectivity index (χ1n) is 11.9. The molecule has 8 nitrogen and oxygen atoms in total. The summed E-state index contributed by atoms with van der Waals surface area (Å²) in [5.74, 6) is -1.12. The number of rotatable bonds is 6. The van der Waals surface area contributed by atoms with Gasteiger partial charge in [-0.15, -0.1) is 0 Å². The molecule has 2 saturated heterocycles. The SMILES string of the molecule is CCc1cnc(C2(Nc3ccc(S(C)(=O)=O)cc3F)CCCN(C3CCNC(=O)C3)C2=O)c(C)c1. The molecule has 188 valence electrons. The summed E-state index contributed by atoms with van der Waals surface area (Å²) in [5.41, 5.74) is 1.01. The molecule has 1 aromatic carbocycles. The van der Waals surface area contributed by atoms with Gasteiger partial charge in [-0.2, -0.15) is 0 Å². The van der Waals surface area contributed by atoms with Crippen LogP contribution in [0.3, 0.4) is 0 Å². The van der Waals surface area contributed by atoms with Crippen molar-refractivity contribution >= 4 is 27.3 Å². The largest absolute Gasteiger partial charge is 0.364 e. The van der Waals surface area contributed by atoms with Crippen LogP contribution < -0.4 is 10.6 Å². The van der Waals surface area contributed by atoms with Gasteiger partial charge < -0.3 is 15.5 Å². The molecule has 0 bridgehead atoms. The molecule has 2 unspecified atom stereocenters. The fraction of sp³-hybridized carbons (Fsp3) is 0.480. The highest BCUT2D eigenvalue weighted by atomic mass is 32.2. The highest BCUT2D eigenvalue weighted by molar-refractivity contribution is 7.90. The summed E-state index contributed by atoms with van der Waals surface area (Å²) in [6.45, 7) is 4.90. The van der Waals surface area contributed by atoms with E-state index in [9.17, 15) is 18.0 Å². The van der Waals surface area contributed by atoms with Gasteiger partial charge in [-0.25, -0.2) is 12.8 Å². The molecule has 2 aromatic rings. The smallest absolute Gasteiger partial charge is 0.254 e. The Bertz CT molecular complexity index is 1270. The van der Waals surface area contributed by atoms with Crippen molar-refractivity contribution in [2.45, 2.75) is 62.4 Å². The monoisotopic (exact) mass is 502 g/mol. The number of halogens is 1. The van der Waals surface area contributed by atoms with Crippen LogP contribution in [0, 0.1) is 12.7 Å². The first kappa shape index (κ1) is 25.1. The van der Waals surface area contributed by atoms with Crippen LogP contribution in [0.2, 0.25) is 0 Å². The number of hydrogen-bond donors (Lipinski definition) is 2. The van der Waals surface area contributed by atoms with Crippen LogP contribution in [0.25, 0.3) is 0 Å². The second kappa shape index (κ2) is 9.56. The van der Waals surface area contributed by atoms with E-state index in [0.29, 0.717) is 38.0 Å². The summed E-state index contributed by atoms with van der Waals surface area (Å²) in [7, 11) is -3.59. The van der Waals surface area contributed by atoms with Crippen molar-refractivity contribution < 1.29 is 22.4 Å². The minimum Gasteiger partial charge on any atom is -0.364 e. The molecule has 0 radical (unpaired) electrons. The Morgan fingerprint density at radius 2 is 2.06 bits per heavy atom. The lowest BCUT2D eigenvalue weighted by atomic mass is 9.80. The number of aromatic nitrogens is 1. The molecule has 0 aliphatic carbocycles. The summed E-state index contributed by atoms with van der Waals surface area (Å²) in [5, 5.41) is 5.94. The summed E-state index contributed by atoms with van der Waals surface area (Å²) in [6, 6.07) is 5.37. The average Bonchev–Trinajstić information content (AvgIpc) is 2.81. The number of likely N-dealkylation sites (tertiary alicyclic amines) is 1. The van der Waals surface area contributed by atoms with Gasteiger partial charge in [-0.1, -0.05) is 13.0 Å². The molecule has 10 heteroatoms. The first-order valence-corrected chi connectivity index (χ1v) is 13.8. The molecule has 2 aliphatic heterocycles. The molecular formula is C25H31FN4O4S. The molecule has 2 fully saturated rings. The Morgan fingerprint density at radius 1 is 1.29 bits per heavy atom. The van der Waals surface area contributed by atoms with Crippen molar-refractivity contribution in [1.29, 1.82) is 0 Å². The van der Waals surface area contributed by atoms with Gasteiger partial charge in [-0.05, 0) is 61.9 Å². The van der Waals surface area contributed by atoms with Gasteiger partial charge in [0.05, 0.1) is 16.3 Å². The Balaban J connectivity index is 1.80. The fourth-order valence-corrected chi connectivity index (χ4v) is 5.71. The third kappa shape index (κ3) is 4.89. The number of sulfone groups is 1. The van der Waals surface area contributed by atoms with Gasteiger partial charge in [0.2, 0.25) is 5.91 Å². The molecule has 1 aromatic heterocycles. The third-order valence-electron chi connectivity index (χ3n) is 6.90. The minimum absolute atomic E-state index is 0.0229. The van der Waals surface area contributed by atoms with Gasteiger partial charge in [-0.3, -0.25) is 14.6 Å². The zero-order valence-corrected chi connectivity index (χ0v) is 21.0. The molecule has 2 N–H and O–H groups in total. The number of aryl methyl sites for hydroxylation is 2. The minimum atomic E-state index is -3.59. The van der Waals surface area contributed by atoms with Gasteiger partial charge in [0.15, 0.2) is 15.4 Å². The highest BCUT2D eigenvalue weighted by Gasteiger charge is 2.49. The average molecular weight is 503 g/mol. The number of pyridine rings is 1. The zero-order valence-electron chi connectivity index (χ0n) is 20.2. The normalized spacial score (nSPS) is 23.2. The Labute approximate surface area is 205 Å². The Hall–Kier alpha value is -3.01. The van der Waals surface area contributed by atoms with Crippen molar-refractivity contribution in [3.8, 4) is 0 Å². The number of anilines is 1. The quantitative estimate of drug-likeness (QED) is 0.629. The maximum absolute atomic E-state index is 15.1. The lowest BCUT2D eigenvalue weighted by molar-refractivity contribution is -0.144. The van der Waals surface area contributed by atoms with E-state index in [1.807, 2.05) is 19.9 Å². The summed E-state index contributed by atoms with van der Waals surface area (Å²) >= 11 is 0. The molecule has 2 amide bonds. The van der Waals surface area contributed by atoms with Gasteiger partial charge >= 0.3 is 0 Å². The molecule has 3 heterocycles. The molecule has 2 atom stereocenters. The maximum Gasteiger partial charge on any atom is 0.254 e. The molecule has 35 heavy (non-hydrogen) atoms. The summed E-state index contributed by atoms with van der Waals surface area (Å²) in [6.07, 6.45) is 5.42. The molecule has 4 rings (SSSR count). The number of piperidine rings is 2. The van der Waals surface area contributed by atoms with Crippen LogP contribution in [0.4, 0.5) is 10.1 Å². The predicted octanol–water partition coefficient (Wildman–Crippen LogP) is 2.70. The van der Waals surface area contributed by atoms with Gasteiger partial charge in [0, 0.05) is 38.0 Å². The van der Waals surface area contributed by atoms with Crippen LogP contribution >= 0.6 is 0 Å². The van der Waals surface area contributed by atoms with E-state index in [-0.39, 0.29) is 34.9 Å². The summed E-state index contributed by atoms with van der Waals surface area (Å²) in [4.78, 5) is 32.5. The van der Waals surface area contributed by atoms with E-state index >= 15 is 4.39 Å². The standard InChI is InChI=1S/C25H31FN4O4S/c1-4-17-12-16(2)23(28-15-17)25(29-21-7-6-19(14-20(21)26)35(3,33)34)9-5-11-30(24(25)32)18-8-10-27-22(31)13-18/h6-7,12,14-15,18,29H,4-5,8-11,13H2,1-3H3,(H,27,31). The third-order valence-corrected chi connectivity index (χ3v) is 8.01. The van der Waals surface area contributed by atoms with Crippen molar-refractivity contribution in [2.75, 3.05) is 24.7 Å². The highest BCUT2D eigenvalue weighted by Crippen LogP contribution is 2.39. The fourth-order valence-electron chi connectivity index (χ4n) is 5.07. The number of amides is 2. The lowest BCUT2D eigenvalue weighted by Gasteiger charge is -2.46. The van der Waals surface area contributed by atoms with Gasteiger partial charge in [0.1, 0.15) is 5.82 Å². The molecule has 2 aliphatic rings. The van der Waals surface area contributed by atoms with E-state index in [0.717, 1.165) is 29.9 Å². The molecular weight excluding hydrogens is 471 g/mol. The van der Waals surface area contributed by atoms with Crippen LogP contribution in [0.5, 0.6) is 0 Å². The number of benzene rings is 1. The van der Waals surface area contributed by atoms with Crippen LogP contribution in [0.1, 0.15) is 49.4 Å². The zero-order chi connectivity index (χ0) is 25.4. The van der Waals surface area contributed by atoms with E-state index in [4.69, 9.17) is 0 Å². The number of hydrogen-bond acceptors (Lipinski definition) is 6. The van der Waals surface area contributed by atoms with Crippen LogP contribution in [0.15, 0.2) is 35.4 Å². The second-order valence-corrected chi connectivity index (χ2v) is 11.4. The molecule has 0 saturated carbocycles.